The second-order valence-electron chi connectivity index (χ2n) is 48.2. The van der Waals surface area contributed by atoms with Crippen molar-refractivity contribution in [3.8, 4) is 0 Å². The van der Waals surface area contributed by atoms with Crippen molar-refractivity contribution in [3.05, 3.63) is 118 Å². The quantitative estimate of drug-likeness (QED) is 0.0358. The van der Waals surface area contributed by atoms with E-state index in [2.05, 4.69) is 395 Å². The minimum Gasteiger partial charge on any atom is -0.469 e. The highest BCUT2D eigenvalue weighted by atomic mass is 32.2. The molecule has 0 aliphatic rings. The number of carbonyl (C=O) groups excluding carboxylic acids is 3. The van der Waals surface area contributed by atoms with E-state index in [0.717, 1.165) is 117 Å². The van der Waals surface area contributed by atoms with E-state index in [1.807, 2.05) is 53.3 Å². The molecule has 0 bridgehead atoms. The zero-order chi connectivity index (χ0) is 105. The van der Waals surface area contributed by atoms with Gasteiger partial charge in [-0.2, -0.15) is 11.8 Å². The van der Waals surface area contributed by atoms with Crippen molar-refractivity contribution >= 4 is 29.5 Å². The van der Waals surface area contributed by atoms with Crippen LogP contribution >= 0.6 is 11.8 Å². The summed E-state index contributed by atoms with van der Waals surface area (Å²) in [4.78, 5) is 37.7. The number of esters is 1. The number of hydrogen-bond donors (Lipinski definition) is 2. The zero-order valence-corrected chi connectivity index (χ0v) is 97.8. The van der Waals surface area contributed by atoms with Gasteiger partial charge in [0.1, 0.15) is 0 Å². The molecule has 0 aromatic heterocycles. The Bertz CT molecular complexity index is 2870. The highest BCUT2D eigenvalue weighted by Gasteiger charge is 2.16. The van der Waals surface area contributed by atoms with E-state index in [0.29, 0.717) is 98.3 Å². The lowest BCUT2D eigenvalue weighted by molar-refractivity contribution is -0.141. The number of aliphatic hydroxyl groups excluding tert-OH is 1. The van der Waals surface area contributed by atoms with Gasteiger partial charge in [0.25, 0.3) is 0 Å². The number of allylic oxidation sites excluding steroid dienone is 2. The van der Waals surface area contributed by atoms with Gasteiger partial charge in [0, 0.05) is 93.7 Å². The molecule has 0 saturated heterocycles. The molecule has 0 atom stereocenters. The Morgan fingerprint density at radius 1 is 0.446 bits per heavy atom. The molecule has 0 aliphatic heterocycles. The summed E-state index contributed by atoms with van der Waals surface area (Å²) in [5.41, 5.74) is 12.1. The van der Waals surface area contributed by atoms with Crippen LogP contribution in [0.2, 0.25) is 0 Å². The number of hydrogen-bond acceptors (Lipinski definition) is 13. The molecule has 3 aromatic carbocycles. The molecule has 2 N–H and O–H groups in total. The largest absolute Gasteiger partial charge is 0.469 e. The first-order chi connectivity index (χ1) is 58.9. The molecule has 0 unspecified atom stereocenters. The fourth-order valence-corrected chi connectivity index (χ4v) is 10.9. The van der Waals surface area contributed by atoms with Gasteiger partial charge in [0.05, 0.1) is 33.5 Å². The third-order valence-electron chi connectivity index (χ3n) is 16.3. The molecule has 0 fully saturated rings. The Morgan fingerprint density at radius 3 is 1.12 bits per heavy atom. The molecule has 0 spiro atoms. The van der Waals surface area contributed by atoms with Gasteiger partial charge in [-0.15, -0.1) is 0 Å². The maximum atomic E-state index is 10.9. The first-order valence-electron chi connectivity index (χ1n) is 49.4. The minimum absolute atomic E-state index is 0.125. The molecule has 2 amide bonds. The van der Waals surface area contributed by atoms with E-state index < -0.39 is 0 Å². The van der Waals surface area contributed by atoms with E-state index in [9.17, 15) is 14.4 Å². The number of likely N-dealkylation sites (N-methyl/N-ethyl adjacent to an activating group) is 1. The van der Waals surface area contributed by atoms with E-state index in [4.69, 9.17) is 28.8 Å². The summed E-state index contributed by atoms with van der Waals surface area (Å²) < 4.78 is 30.8. The van der Waals surface area contributed by atoms with Crippen molar-refractivity contribution in [1.29, 1.82) is 0 Å². The molecule has 3 aromatic rings. The fraction of sp³-hybridized carbons (Fsp3) is 0.800. The summed E-state index contributed by atoms with van der Waals surface area (Å²) in [6.45, 7) is 104. The SMILES string of the molecule is C/C=C/CC(C)(C)C.CC(C)(C)CCO.CC(C)CC(=O)N(C)C.CC(C)CN(C)C.CC(C)COCCN(C)C.CCCOCCC(C)(C)C.CCCOCCOCCC(C)(C)C.CNC(=O)CC(C)C.COC(=O)CC(C)C.COCC(C)(C)C.CSCC(C)(C)C.Cc1ccc(CC(C)(C)C)cc1.Cc1cccc(CC(C)(C)C)c1.Cc1ccccc1CC(C)(C)C. The summed E-state index contributed by atoms with van der Waals surface area (Å²) in [5.74, 6) is 4.27. The van der Waals surface area contributed by atoms with Crippen LogP contribution in [0.15, 0.2) is 84.9 Å². The number of benzene rings is 3. The lowest BCUT2D eigenvalue weighted by atomic mass is 9.86. The molecule has 130 heavy (non-hydrogen) atoms. The van der Waals surface area contributed by atoms with E-state index in [1.54, 1.807) is 33.2 Å². The van der Waals surface area contributed by atoms with Crippen LogP contribution in [0.25, 0.3) is 0 Å². The van der Waals surface area contributed by atoms with Crippen LogP contribution in [-0.2, 0) is 62.1 Å². The van der Waals surface area contributed by atoms with Gasteiger partial charge in [-0.1, -0.05) is 366 Å². The minimum atomic E-state index is -0.125. The predicted molar refractivity (Wildman–Crippen MR) is 584 cm³/mol. The Hall–Kier alpha value is -4.16. The van der Waals surface area contributed by atoms with E-state index in [-0.39, 0.29) is 17.8 Å². The molecule has 776 valence electrons. The van der Waals surface area contributed by atoms with Gasteiger partial charge in [-0.3, -0.25) is 14.4 Å². The number of aliphatic hydroxyl groups is 1. The number of carbonyl (C=O) groups is 3. The van der Waals surface area contributed by atoms with E-state index >= 15 is 0 Å². The number of ether oxygens (including phenoxy) is 6. The van der Waals surface area contributed by atoms with Crippen LogP contribution in [-0.4, -0.2) is 192 Å². The van der Waals surface area contributed by atoms with Gasteiger partial charge in [-0.05, 0) is 233 Å². The number of nitrogens with zero attached hydrogens (tertiary/aromatic N) is 3. The highest BCUT2D eigenvalue weighted by Crippen LogP contribution is 2.26. The van der Waals surface area contributed by atoms with Crippen LogP contribution in [0.1, 0.15) is 368 Å². The Morgan fingerprint density at radius 2 is 0.877 bits per heavy atom. The summed E-state index contributed by atoms with van der Waals surface area (Å²) in [6.07, 6.45) is 18.3. The van der Waals surface area contributed by atoms with Crippen LogP contribution in [0, 0.1) is 99.1 Å². The number of thioether (sulfide) groups is 1. The summed E-state index contributed by atoms with van der Waals surface area (Å²) in [7, 11) is 16.7. The lowest BCUT2D eigenvalue weighted by Gasteiger charge is -2.19. The Kier molecular flexibility index (Phi) is 100. The first kappa shape index (κ1) is 149. The molecular formula is C115H230N4O10S. The van der Waals surface area contributed by atoms with Crippen molar-refractivity contribution < 1.29 is 47.9 Å². The molecule has 0 heterocycles. The third-order valence-corrected chi connectivity index (χ3v) is 17.5. The number of amides is 2. The number of aryl methyl sites for hydroxylation is 3. The Labute approximate surface area is 818 Å². The van der Waals surface area contributed by atoms with E-state index in [1.165, 1.54) is 65.6 Å². The average molecular weight is 1860 g/mol. The van der Waals surface area contributed by atoms with Gasteiger partial charge in [-0.25, -0.2) is 0 Å². The van der Waals surface area contributed by atoms with Gasteiger partial charge in [0.2, 0.25) is 11.8 Å². The highest BCUT2D eigenvalue weighted by molar-refractivity contribution is 7.98. The summed E-state index contributed by atoms with van der Waals surface area (Å²) in [6, 6.07) is 26.2. The summed E-state index contributed by atoms with van der Waals surface area (Å²) >= 11 is 1.91. The smallest absolute Gasteiger partial charge is 0.305 e. The monoisotopic (exact) mass is 1860 g/mol. The molecule has 0 saturated carbocycles. The second-order valence-corrected chi connectivity index (χ2v) is 49.1. The van der Waals surface area contributed by atoms with Crippen molar-refractivity contribution in [3.63, 3.8) is 0 Å². The zero-order valence-electron chi connectivity index (χ0n) is 97.0. The standard InChI is InChI=1S/3C12H18.C11H24O2.C9H20O.C8H19NO.C8H16.C7H15NO.C6H13NO.C6H15N.C6H12O2.2C6H14O.C6H14S/c1-10-5-7-11(8-6-10)9-12(2,3)4;1-10-6-5-7-11(8-10)9-12(2,3)4;1-10-7-5-6-8-11(10)9-12(2,3)4;1-5-7-12-9-10-13-8-6-11(2,3)4;1-5-7-10-8-6-9(2,3)4;1-8(2)7-10-6-5-9(3)4;1-5-6-7-8(2,3)4;1-6(2)5-7(9)8(3)4;1-5(2)4-6(8)7-3;1-6(2)5-7(3)4;1-5(2)4-6(7)8-3;1-6(2,3)5-7-4;1-6(2,3)4-5-7;1-6(2,3)5-7-4/h3*5-8H,9H2,1-4H3;5-10H2,1-4H3;5-8H2,1-4H3;8H,5-7H2,1-4H3;5-6H,7H2,1-4H3;6H,5H2,1-4H3;5H,4H2,1-3H3,(H,7,8);6H,5H2,1-4H3;5H,4H2,1-3H3;5H2,1-4H3;7H,4-5H2,1-3H3;5H2,1-4H3/b;;;;;;6-5+;;;;;;;. The van der Waals surface area contributed by atoms with Gasteiger partial charge >= 0.3 is 5.97 Å². The second kappa shape index (κ2) is 87.6. The molecule has 14 nitrogen and oxygen atoms in total. The van der Waals surface area contributed by atoms with Crippen molar-refractivity contribution in [2.75, 3.05) is 155 Å². The van der Waals surface area contributed by atoms with Crippen LogP contribution in [0.3, 0.4) is 0 Å². The maximum absolute atomic E-state index is 10.9. The molecule has 3 rings (SSSR count). The number of nitrogens with one attached hydrogen (secondary N) is 1. The third kappa shape index (κ3) is 164. The lowest BCUT2D eigenvalue weighted by Crippen LogP contribution is -2.22. The van der Waals surface area contributed by atoms with Crippen LogP contribution in [0.4, 0.5) is 0 Å². The van der Waals surface area contributed by atoms with Crippen molar-refractivity contribution in [2.24, 2.45) is 78.3 Å². The van der Waals surface area contributed by atoms with Crippen LogP contribution in [0.5, 0.6) is 0 Å². The fourth-order valence-electron chi connectivity index (χ4n) is 9.99. The normalized spacial score (nSPS) is 11.4. The first-order valence-corrected chi connectivity index (χ1v) is 50.7. The van der Waals surface area contributed by atoms with Crippen LogP contribution < -0.4 is 5.32 Å². The average Bonchev–Trinajstić information content (AvgIpc) is 0.886. The predicted octanol–water partition coefficient (Wildman–Crippen LogP) is 30.5. The topological polar surface area (TPSA) is 149 Å². The Balaban J connectivity index is -0.000000131. The number of methoxy groups -OCH3 is 2. The van der Waals surface area contributed by atoms with Gasteiger partial charge < -0.3 is 53.5 Å². The molecule has 0 aliphatic carbocycles. The van der Waals surface area contributed by atoms with Crippen molar-refractivity contribution in [1.82, 2.24) is 20.0 Å². The van der Waals surface area contributed by atoms with Crippen molar-refractivity contribution in [2.45, 2.75) is 375 Å². The summed E-state index contributed by atoms with van der Waals surface area (Å²) in [5, 5.41) is 11.0. The number of rotatable bonds is 31. The molecule has 15 heteroatoms. The maximum Gasteiger partial charge on any atom is 0.305 e. The van der Waals surface area contributed by atoms with Gasteiger partial charge in [0.15, 0.2) is 0 Å². The molecule has 0 radical (unpaired) electrons. The molecular weight excluding hydrogens is 1630 g/mol.